The molecule has 0 aromatic heterocycles. The number of rotatable bonds is 3. The van der Waals surface area contributed by atoms with Crippen molar-refractivity contribution in [2.75, 3.05) is 0 Å². The summed E-state index contributed by atoms with van der Waals surface area (Å²) in [6.07, 6.45) is -11.9. The predicted octanol–water partition coefficient (Wildman–Crippen LogP) is 5.51. The Balaban J connectivity index is 1.70. The maximum Gasteiger partial charge on any atom is 0.417 e. The molecule has 0 spiro atoms. The second kappa shape index (κ2) is 7.66. The van der Waals surface area contributed by atoms with Gasteiger partial charge in [0.25, 0.3) is 6.29 Å². The van der Waals surface area contributed by atoms with Gasteiger partial charge in [-0.25, -0.2) is 13.6 Å². The predicted molar refractivity (Wildman–Crippen MR) is 104 cm³/mol. The highest BCUT2D eigenvalue weighted by Crippen LogP contribution is 2.46. The molecule has 3 aromatic rings. The summed E-state index contributed by atoms with van der Waals surface area (Å²) in [6, 6.07) is 11.6. The summed E-state index contributed by atoms with van der Waals surface area (Å²) in [6.45, 7) is 0. The molecule has 0 bridgehead atoms. The number of primary sulfonamides is 1. The Morgan fingerprint density at radius 2 is 1.39 bits per heavy atom. The molecule has 5 nitrogen and oxygen atoms in total. The molecule has 12 heteroatoms. The zero-order valence-corrected chi connectivity index (χ0v) is 17.1. The quantitative estimate of drug-likeness (QED) is 0.493. The normalized spacial score (nSPS) is 16.2. The number of alkyl halides is 6. The first-order chi connectivity index (χ1) is 15.2. The molecule has 1 heterocycles. The van der Waals surface area contributed by atoms with Crippen molar-refractivity contribution < 1.29 is 44.2 Å². The molecule has 0 radical (unpaired) electrons. The van der Waals surface area contributed by atoms with Crippen molar-refractivity contribution in [3.8, 4) is 22.6 Å². The molecule has 0 aliphatic carbocycles. The fraction of sp³-hybridized carbons (Fsp3) is 0.143. The van der Waals surface area contributed by atoms with E-state index in [0.29, 0.717) is 17.7 Å². The number of hydrogen-bond donors (Lipinski definition) is 1. The van der Waals surface area contributed by atoms with Gasteiger partial charge in [-0.15, -0.1) is 0 Å². The SMILES string of the molecule is NS(=O)(=O)c1ccccc1-c1ccc2c(c1)OC(c1ccc(C(F)(F)F)c(C(F)(F)F)c1)O2. The third-order valence-corrected chi connectivity index (χ3v) is 5.81. The van der Waals surface area contributed by atoms with Crippen LogP contribution >= 0.6 is 0 Å². The fourth-order valence-corrected chi connectivity index (χ4v) is 4.16. The molecule has 33 heavy (non-hydrogen) atoms. The Hall–Kier alpha value is -3.25. The van der Waals surface area contributed by atoms with Gasteiger partial charge in [0.1, 0.15) is 0 Å². The third kappa shape index (κ3) is 4.48. The molecule has 0 amide bonds. The van der Waals surface area contributed by atoms with Gasteiger partial charge in [-0.2, -0.15) is 26.3 Å². The summed E-state index contributed by atoms with van der Waals surface area (Å²) in [5, 5.41) is 5.24. The Bertz CT molecular complexity index is 1340. The third-order valence-electron chi connectivity index (χ3n) is 4.84. The van der Waals surface area contributed by atoms with E-state index in [1.807, 2.05) is 0 Å². The van der Waals surface area contributed by atoms with Crippen molar-refractivity contribution in [3.05, 3.63) is 77.4 Å². The molecule has 0 saturated carbocycles. The second-order valence-electron chi connectivity index (χ2n) is 7.07. The molecule has 1 atom stereocenters. The first-order valence-corrected chi connectivity index (χ1v) is 10.7. The smallest absolute Gasteiger partial charge is 0.417 e. The fourth-order valence-electron chi connectivity index (χ4n) is 3.40. The summed E-state index contributed by atoms with van der Waals surface area (Å²) in [7, 11) is -4.05. The van der Waals surface area contributed by atoms with Crippen molar-refractivity contribution in [2.45, 2.75) is 23.5 Å². The Labute approximate surface area is 183 Å². The van der Waals surface area contributed by atoms with Crippen molar-refractivity contribution in [2.24, 2.45) is 5.14 Å². The second-order valence-corrected chi connectivity index (χ2v) is 8.60. The molecular formula is C21H13F6NO4S. The van der Waals surface area contributed by atoms with Crippen LogP contribution < -0.4 is 14.6 Å². The van der Waals surface area contributed by atoms with Crippen LogP contribution in [0.2, 0.25) is 0 Å². The van der Waals surface area contributed by atoms with Gasteiger partial charge in [-0.3, -0.25) is 0 Å². The molecule has 4 rings (SSSR count). The van der Waals surface area contributed by atoms with E-state index in [9.17, 15) is 34.8 Å². The first kappa shape index (κ1) is 22.9. The average Bonchev–Trinajstić information content (AvgIpc) is 3.15. The van der Waals surface area contributed by atoms with E-state index in [0.717, 1.165) is 6.07 Å². The number of halogens is 6. The molecule has 0 saturated heterocycles. The highest BCUT2D eigenvalue weighted by Gasteiger charge is 2.44. The van der Waals surface area contributed by atoms with Gasteiger partial charge >= 0.3 is 12.4 Å². The summed E-state index contributed by atoms with van der Waals surface area (Å²) >= 11 is 0. The van der Waals surface area contributed by atoms with Crippen LogP contribution in [0.1, 0.15) is 23.0 Å². The van der Waals surface area contributed by atoms with E-state index < -0.39 is 39.8 Å². The molecule has 1 aliphatic rings. The number of hydrogen-bond acceptors (Lipinski definition) is 4. The number of nitrogens with two attached hydrogens (primary N) is 1. The Morgan fingerprint density at radius 3 is 2.03 bits per heavy atom. The topological polar surface area (TPSA) is 78.6 Å². The number of benzene rings is 3. The van der Waals surface area contributed by atoms with Crippen molar-refractivity contribution in [1.82, 2.24) is 0 Å². The zero-order chi connectivity index (χ0) is 24.2. The minimum absolute atomic E-state index is 0.0650. The van der Waals surface area contributed by atoms with E-state index >= 15 is 0 Å². The van der Waals surface area contributed by atoms with Crippen molar-refractivity contribution in [1.29, 1.82) is 0 Å². The summed E-state index contributed by atoms with van der Waals surface area (Å²) in [4.78, 5) is -0.155. The van der Waals surface area contributed by atoms with E-state index in [4.69, 9.17) is 14.6 Å². The molecule has 0 fully saturated rings. The number of fused-ring (bicyclic) bond motifs is 1. The summed E-state index contributed by atoms with van der Waals surface area (Å²) in [5.41, 5.74) is -3.35. The summed E-state index contributed by atoms with van der Waals surface area (Å²) < 4.78 is 113. The van der Waals surface area contributed by atoms with E-state index in [2.05, 4.69) is 0 Å². The van der Waals surface area contributed by atoms with Crippen LogP contribution in [0.5, 0.6) is 11.5 Å². The van der Waals surface area contributed by atoms with Gasteiger partial charge in [-0.1, -0.05) is 30.3 Å². The van der Waals surface area contributed by atoms with Crippen molar-refractivity contribution in [3.63, 3.8) is 0 Å². The lowest BCUT2D eigenvalue weighted by molar-refractivity contribution is -0.162. The van der Waals surface area contributed by atoms with Crippen molar-refractivity contribution >= 4 is 10.0 Å². The van der Waals surface area contributed by atoms with Crippen LogP contribution in [0.25, 0.3) is 11.1 Å². The zero-order valence-electron chi connectivity index (χ0n) is 16.2. The van der Waals surface area contributed by atoms with Crippen LogP contribution in [-0.4, -0.2) is 8.42 Å². The molecule has 2 N–H and O–H groups in total. The lowest BCUT2D eigenvalue weighted by atomic mass is 10.0. The maximum absolute atomic E-state index is 13.2. The van der Waals surface area contributed by atoms with Crippen LogP contribution in [-0.2, 0) is 22.4 Å². The first-order valence-electron chi connectivity index (χ1n) is 9.13. The standard InChI is InChI=1S/C21H13F6NO4S/c22-20(23,24)14-7-5-12(9-15(14)21(25,26)27)19-31-16-8-6-11(10-17(16)32-19)13-3-1-2-4-18(13)33(28,29)30/h1-10,19H,(H2,28,29,30). The maximum atomic E-state index is 13.2. The minimum Gasteiger partial charge on any atom is -0.447 e. The highest BCUT2D eigenvalue weighted by atomic mass is 32.2. The molecule has 1 aliphatic heterocycles. The lowest BCUT2D eigenvalue weighted by Crippen LogP contribution is -2.18. The van der Waals surface area contributed by atoms with E-state index in [-0.39, 0.29) is 27.5 Å². The minimum atomic E-state index is -5.25. The lowest BCUT2D eigenvalue weighted by Gasteiger charge is -2.18. The van der Waals surface area contributed by atoms with Gasteiger partial charge in [-0.05, 0) is 35.9 Å². The monoisotopic (exact) mass is 489 g/mol. The van der Waals surface area contributed by atoms with Gasteiger partial charge in [0.2, 0.25) is 10.0 Å². The van der Waals surface area contributed by atoms with Crippen LogP contribution in [0, 0.1) is 0 Å². The van der Waals surface area contributed by atoms with E-state index in [1.54, 1.807) is 6.07 Å². The van der Waals surface area contributed by atoms with E-state index in [1.165, 1.54) is 36.4 Å². The summed E-state index contributed by atoms with van der Waals surface area (Å²) in [5.74, 6) is 0.181. The van der Waals surface area contributed by atoms with Gasteiger partial charge in [0, 0.05) is 11.1 Å². The molecule has 174 valence electrons. The largest absolute Gasteiger partial charge is 0.447 e. The Morgan fingerprint density at radius 1 is 0.758 bits per heavy atom. The number of sulfonamides is 1. The molecule has 1 unspecified atom stereocenters. The van der Waals surface area contributed by atoms with Gasteiger partial charge in [0.15, 0.2) is 11.5 Å². The molecular weight excluding hydrogens is 476 g/mol. The van der Waals surface area contributed by atoms with Crippen LogP contribution in [0.3, 0.4) is 0 Å². The average molecular weight is 489 g/mol. The Kier molecular flexibility index (Phi) is 5.32. The van der Waals surface area contributed by atoms with Gasteiger partial charge in [0.05, 0.1) is 16.0 Å². The van der Waals surface area contributed by atoms with Crippen LogP contribution in [0.15, 0.2) is 65.6 Å². The highest BCUT2D eigenvalue weighted by molar-refractivity contribution is 7.89. The van der Waals surface area contributed by atoms with Crippen LogP contribution in [0.4, 0.5) is 26.3 Å². The van der Waals surface area contributed by atoms with Gasteiger partial charge < -0.3 is 9.47 Å². The molecule has 3 aromatic carbocycles. The number of ether oxygens (including phenoxy) is 2.